The number of fused-ring (bicyclic) bond motifs is 4. The number of hydrogen-bond donors (Lipinski definition) is 0. The topological polar surface area (TPSA) is 48.5 Å². The average molecular weight is 438 g/mol. The lowest BCUT2D eigenvalue weighted by Crippen LogP contribution is -2.03. The first-order valence-electron chi connectivity index (χ1n) is 11.2. The van der Waals surface area contributed by atoms with Gasteiger partial charge in [0.2, 0.25) is 0 Å². The summed E-state index contributed by atoms with van der Waals surface area (Å²) >= 11 is 0. The molecule has 0 atom stereocenters. The van der Waals surface area contributed by atoms with Crippen LogP contribution in [-0.4, -0.2) is 24.1 Å². The van der Waals surface area contributed by atoms with E-state index in [9.17, 15) is 0 Å². The predicted molar refractivity (Wildman–Crippen MR) is 136 cm³/mol. The van der Waals surface area contributed by atoms with Crippen molar-refractivity contribution in [1.82, 2.24) is 24.1 Å². The Balaban J connectivity index is 1.65. The third kappa shape index (κ3) is 2.70. The van der Waals surface area contributed by atoms with Gasteiger partial charge in [-0.3, -0.25) is 9.55 Å². The van der Waals surface area contributed by atoms with E-state index in [1.807, 2.05) is 18.3 Å². The molecule has 0 aliphatic carbocycles. The van der Waals surface area contributed by atoms with Gasteiger partial charge in [-0.1, -0.05) is 60.7 Å². The number of nitrogens with zero attached hydrogens (tertiary/aromatic N) is 5. The minimum absolute atomic E-state index is 0.849. The summed E-state index contributed by atoms with van der Waals surface area (Å²) < 4.78 is 4.44. The Hall–Kier alpha value is -4.77. The molecular weight excluding hydrogens is 418 g/mol. The van der Waals surface area contributed by atoms with Gasteiger partial charge in [-0.25, -0.2) is 9.97 Å². The van der Waals surface area contributed by atoms with E-state index < -0.39 is 0 Å². The van der Waals surface area contributed by atoms with Crippen LogP contribution in [0.2, 0.25) is 0 Å². The molecule has 3 aromatic carbocycles. The Morgan fingerprint density at radius 3 is 2.06 bits per heavy atom. The molecule has 4 aromatic heterocycles. The quantitative estimate of drug-likeness (QED) is 0.314. The zero-order valence-corrected chi connectivity index (χ0v) is 18.2. The second-order valence-electron chi connectivity index (χ2n) is 8.25. The van der Waals surface area contributed by atoms with Gasteiger partial charge in [0.1, 0.15) is 17.4 Å². The summed E-state index contributed by atoms with van der Waals surface area (Å²) in [7, 11) is 0. The van der Waals surface area contributed by atoms with Crippen molar-refractivity contribution >= 4 is 32.8 Å². The van der Waals surface area contributed by atoms with E-state index in [1.165, 1.54) is 10.8 Å². The summed E-state index contributed by atoms with van der Waals surface area (Å²) in [4.78, 5) is 14.0. The number of benzene rings is 3. The van der Waals surface area contributed by atoms with Crippen LogP contribution < -0.4 is 0 Å². The van der Waals surface area contributed by atoms with Crippen LogP contribution in [0, 0.1) is 0 Å². The van der Waals surface area contributed by atoms with Gasteiger partial charge in [-0.2, -0.15) is 0 Å². The summed E-state index contributed by atoms with van der Waals surface area (Å²) in [6, 6.07) is 31.3. The van der Waals surface area contributed by atoms with E-state index in [4.69, 9.17) is 9.97 Å². The minimum Gasteiger partial charge on any atom is -0.311 e. The highest BCUT2D eigenvalue weighted by Crippen LogP contribution is 2.37. The fourth-order valence-electron chi connectivity index (χ4n) is 4.88. The van der Waals surface area contributed by atoms with Crippen molar-refractivity contribution in [3.63, 3.8) is 0 Å². The van der Waals surface area contributed by atoms with Gasteiger partial charge in [0.15, 0.2) is 5.82 Å². The molecule has 0 fully saturated rings. The van der Waals surface area contributed by atoms with E-state index in [1.54, 1.807) is 12.5 Å². The molecule has 160 valence electrons. The maximum Gasteiger partial charge on any atom is 0.166 e. The van der Waals surface area contributed by atoms with Crippen molar-refractivity contribution in [3.8, 4) is 22.6 Å². The Morgan fingerprint density at radius 1 is 0.647 bits per heavy atom. The summed E-state index contributed by atoms with van der Waals surface area (Å²) in [6.45, 7) is 0. The maximum atomic E-state index is 4.86. The van der Waals surface area contributed by atoms with Crippen LogP contribution in [0.15, 0.2) is 116 Å². The first kappa shape index (κ1) is 18.8. The number of aromatic nitrogens is 5. The zero-order chi connectivity index (χ0) is 22.5. The van der Waals surface area contributed by atoms with E-state index >= 15 is 0 Å². The van der Waals surface area contributed by atoms with Crippen molar-refractivity contribution in [2.24, 2.45) is 0 Å². The SMILES string of the molecule is c1ccc(-n2cc(-c3cccnc3)c3ncnc(-n4c5ccccc5c5ccccc54)c32)cc1. The third-order valence-electron chi connectivity index (χ3n) is 6.36. The van der Waals surface area contributed by atoms with Crippen molar-refractivity contribution in [2.75, 3.05) is 0 Å². The van der Waals surface area contributed by atoms with Crippen LogP contribution in [0.1, 0.15) is 0 Å². The molecule has 0 saturated carbocycles. The molecular formula is C29H19N5. The molecule has 34 heavy (non-hydrogen) atoms. The first-order valence-corrected chi connectivity index (χ1v) is 11.2. The van der Waals surface area contributed by atoms with Crippen LogP contribution in [0.5, 0.6) is 0 Å². The number of rotatable bonds is 3. The highest BCUT2D eigenvalue weighted by atomic mass is 15.1. The molecule has 0 N–H and O–H groups in total. The lowest BCUT2D eigenvalue weighted by Gasteiger charge is -2.11. The zero-order valence-electron chi connectivity index (χ0n) is 18.2. The van der Waals surface area contributed by atoms with Gasteiger partial charge >= 0.3 is 0 Å². The van der Waals surface area contributed by atoms with E-state index in [2.05, 4.69) is 99.2 Å². The van der Waals surface area contributed by atoms with Crippen LogP contribution in [0.3, 0.4) is 0 Å². The van der Waals surface area contributed by atoms with Crippen molar-refractivity contribution in [2.45, 2.75) is 0 Å². The first-order chi connectivity index (χ1) is 16.9. The van der Waals surface area contributed by atoms with Gasteiger partial charge in [0.25, 0.3) is 0 Å². The molecule has 0 radical (unpaired) electrons. The summed E-state index contributed by atoms with van der Waals surface area (Å²) in [5, 5.41) is 2.41. The van der Waals surface area contributed by atoms with Crippen LogP contribution >= 0.6 is 0 Å². The fraction of sp³-hybridized carbons (Fsp3) is 0. The van der Waals surface area contributed by atoms with E-state index in [0.717, 1.165) is 44.7 Å². The molecule has 0 amide bonds. The van der Waals surface area contributed by atoms with E-state index in [0.29, 0.717) is 0 Å². The largest absolute Gasteiger partial charge is 0.311 e. The van der Waals surface area contributed by atoms with Crippen molar-refractivity contribution in [1.29, 1.82) is 0 Å². The molecule has 0 aliphatic rings. The maximum absolute atomic E-state index is 4.86. The number of hydrogen-bond acceptors (Lipinski definition) is 3. The van der Waals surface area contributed by atoms with Gasteiger partial charge < -0.3 is 4.57 Å². The Labute approximate surface area is 195 Å². The third-order valence-corrected chi connectivity index (χ3v) is 6.36. The van der Waals surface area contributed by atoms with Crippen LogP contribution in [0.4, 0.5) is 0 Å². The number of para-hydroxylation sites is 3. The normalized spacial score (nSPS) is 11.5. The van der Waals surface area contributed by atoms with Gasteiger partial charge in [-0.15, -0.1) is 0 Å². The molecule has 7 aromatic rings. The van der Waals surface area contributed by atoms with E-state index in [-0.39, 0.29) is 0 Å². The highest BCUT2D eigenvalue weighted by molar-refractivity contribution is 6.10. The molecule has 0 unspecified atom stereocenters. The predicted octanol–water partition coefficient (Wildman–Crippen LogP) is 6.58. The lowest BCUT2D eigenvalue weighted by molar-refractivity contribution is 1.03. The molecule has 0 aliphatic heterocycles. The lowest BCUT2D eigenvalue weighted by atomic mass is 10.1. The smallest absolute Gasteiger partial charge is 0.166 e. The van der Waals surface area contributed by atoms with Crippen LogP contribution in [0.25, 0.3) is 55.5 Å². The molecule has 0 saturated heterocycles. The monoisotopic (exact) mass is 437 g/mol. The second kappa shape index (κ2) is 7.39. The van der Waals surface area contributed by atoms with Gasteiger partial charge in [-0.05, 0) is 30.3 Å². The minimum atomic E-state index is 0.849. The van der Waals surface area contributed by atoms with Gasteiger partial charge in [0.05, 0.1) is 11.0 Å². The fourth-order valence-corrected chi connectivity index (χ4v) is 4.88. The summed E-state index contributed by atoms with van der Waals surface area (Å²) in [5.74, 6) is 0.849. The molecule has 0 bridgehead atoms. The Bertz CT molecular complexity index is 1740. The van der Waals surface area contributed by atoms with Crippen molar-refractivity contribution < 1.29 is 0 Å². The Kier molecular flexibility index (Phi) is 4.08. The second-order valence-corrected chi connectivity index (χ2v) is 8.25. The standard InChI is InChI=1S/C29H19N5/c1-2-10-21(11-3-1)33-18-24(20-9-8-16-30-17-20)27-28(33)29(32-19-31-27)34-25-14-6-4-12-22(25)23-13-5-7-15-26(23)34/h1-19H. The molecule has 5 nitrogen and oxygen atoms in total. The molecule has 0 spiro atoms. The number of pyridine rings is 1. The van der Waals surface area contributed by atoms with Crippen LogP contribution in [-0.2, 0) is 0 Å². The molecule has 7 rings (SSSR count). The highest BCUT2D eigenvalue weighted by Gasteiger charge is 2.21. The summed E-state index contributed by atoms with van der Waals surface area (Å²) in [5.41, 5.74) is 7.19. The van der Waals surface area contributed by atoms with Crippen molar-refractivity contribution in [3.05, 3.63) is 116 Å². The van der Waals surface area contributed by atoms with Gasteiger partial charge in [0, 0.05) is 46.2 Å². The Morgan fingerprint density at radius 2 is 1.35 bits per heavy atom. The molecule has 4 heterocycles. The average Bonchev–Trinajstić information content (AvgIpc) is 3.46. The molecule has 5 heteroatoms. The summed E-state index contributed by atoms with van der Waals surface area (Å²) in [6.07, 6.45) is 7.48.